The van der Waals surface area contributed by atoms with E-state index in [1.54, 1.807) is 18.7 Å². The van der Waals surface area contributed by atoms with E-state index in [1.807, 2.05) is 53.2 Å². The van der Waals surface area contributed by atoms with Crippen molar-refractivity contribution >= 4 is 17.1 Å². The normalized spacial score (nSPS) is 10.8. The number of hydrogen-bond donors (Lipinski definition) is 1. The summed E-state index contributed by atoms with van der Waals surface area (Å²) in [4.78, 5) is 19.7. The van der Waals surface area contributed by atoms with Crippen LogP contribution in [0.15, 0.2) is 73.6 Å². The van der Waals surface area contributed by atoms with Gasteiger partial charge in [-0.2, -0.15) is 0 Å². The standard InChI is InChI=1S/C20H16N4O/c1-14(25)23-18-4-2-3-16(9-18)17-10-19(15-5-7-21-8-6-15)20-11-22-13-24(20)12-17/h2-13H,1H3,(H,23,25). The highest BCUT2D eigenvalue weighted by Crippen LogP contribution is 2.31. The van der Waals surface area contributed by atoms with Crippen LogP contribution in [-0.2, 0) is 4.79 Å². The average Bonchev–Trinajstić information content (AvgIpc) is 3.10. The van der Waals surface area contributed by atoms with Gasteiger partial charge in [0.15, 0.2) is 0 Å². The number of pyridine rings is 2. The van der Waals surface area contributed by atoms with E-state index in [0.717, 1.165) is 33.5 Å². The van der Waals surface area contributed by atoms with Crippen LogP contribution in [0.5, 0.6) is 0 Å². The van der Waals surface area contributed by atoms with Gasteiger partial charge in [-0.15, -0.1) is 0 Å². The summed E-state index contributed by atoms with van der Waals surface area (Å²) in [5.74, 6) is -0.0836. The number of benzene rings is 1. The molecule has 5 nitrogen and oxygen atoms in total. The third-order valence-electron chi connectivity index (χ3n) is 4.03. The van der Waals surface area contributed by atoms with E-state index in [9.17, 15) is 4.79 Å². The minimum absolute atomic E-state index is 0.0836. The van der Waals surface area contributed by atoms with Crippen molar-refractivity contribution in [2.24, 2.45) is 0 Å². The molecule has 0 saturated carbocycles. The minimum Gasteiger partial charge on any atom is -0.326 e. The highest BCUT2D eigenvalue weighted by atomic mass is 16.1. The molecule has 3 heterocycles. The van der Waals surface area contributed by atoms with E-state index in [-0.39, 0.29) is 5.91 Å². The van der Waals surface area contributed by atoms with Crippen LogP contribution in [0.3, 0.4) is 0 Å². The molecule has 4 rings (SSSR count). The molecule has 0 aliphatic carbocycles. The summed E-state index contributed by atoms with van der Waals surface area (Å²) in [6.07, 6.45) is 9.26. The van der Waals surface area contributed by atoms with E-state index in [0.29, 0.717) is 0 Å². The third kappa shape index (κ3) is 2.99. The molecular formula is C20H16N4O. The summed E-state index contributed by atoms with van der Waals surface area (Å²) in [5, 5.41) is 2.83. The van der Waals surface area contributed by atoms with Gasteiger partial charge in [0.1, 0.15) is 0 Å². The van der Waals surface area contributed by atoms with Crippen LogP contribution < -0.4 is 5.32 Å². The number of rotatable bonds is 3. The van der Waals surface area contributed by atoms with Gasteiger partial charge in [-0.05, 0) is 47.0 Å². The molecule has 122 valence electrons. The Kier molecular flexibility index (Phi) is 3.74. The Bertz CT molecular complexity index is 1050. The number of carbonyl (C=O) groups excluding carboxylic acids is 1. The van der Waals surface area contributed by atoms with Crippen molar-refractivity contribution in [3.05, 3.63) is 73.6 Å². The Hall–Kier alpha value is -3.47. The van der Waals surface area contributed by atoms with E-state index in [2.05, 4.69) is 21.4 Å². The largest absolute Gasteiger partial charge is 0.326 e. The number of aromatic nitrogens is 3. The fourth-order valence-electron chi connectivity index (χ4n) is 2.93. The zero-order chi connectivity index (χ0) is 17.2. The predicted octanol–water partition coefficient (Wildman–Crippen LogP) is 4.02. The van der Waals surface area contributed by atoms with Crippen molar-refractivity contribution in [1.29, 1.82) is 0 Å². The summed E-state index contributed by atoms with van der Waals surface area (Å²) in [5.41, 5.74) is 6.05. The van der Waals surface area contributed by atoms with Gasteiger partial charge in [-0.25, -0.2) is 4.98 Å². The number of fused-ring (bicyclic) bond motifs is 1. The average molecular weight is 328 g/mol. The lowest BCUT2D eigenvalue weighted by Crippen LogP contribution is -2.05. The molecule has 25 heavy (non-hydrogen) atoms. The van der Waals surface area contributed by atoms with Crippen molar-refractivity contribution in [2.45, 2.75) is 6.92 Å². The molecule has 0 saturated heterocycles. The maximum absolute atomic E-state index is 11.3. The Balaban J connectivity index is 1.87. The van der Waals surface area contributed by atoms with Gasteiger partial charge < -0.3 is 9.72 Å². The molecule has 0 aliphatic rings. The van der Waals surface area contributed by atoms with E-state index in [1.165, 1.54) is 6.92 Å². The van der Waals surface area contributed by atoms with Gasteiger partial charge in [0.05, 0.1) is 18.0 Å². The van der Waals surface area contributed by atoms with Gasteiger partial charge in [-0.1, -0.05) is 12.1 Å². The van der Waals surface area contributed by atoms with Gasteiger partial charge in [-0.3, -0.25) is 9.78 Å². The zero-order valence-electron chi connectivity index (χ0n) is 13.7. The number of nitrogens with zero attached hydrogens (tertiary/aromatic N) is 3. The van der Waals surface area contributed by atoms with Crippen LogP contribution in [0.1, 0.15) is 6.92 Å². The van der Waals surface area contributed by atoms with Crippen molar-refractivity contribution in [2.75, 3.05) is 5.32 Å². The number of hydrogen-bond acceptors (Lipinski definition) is 3. The summed E-state index contributed by atoms with van der Waals surface area (Å²) < 4.78 is 2.01. The number of carbonyl (C=O) groups is 1. The highest BCUT2D eigenvalue weighted by molar-refractivity contribution is 5.90. The molecule has 5 heteroatoms. The summed E-state index contributed by atoms with van der Waals surface area (Å²) in [7, 11) is 0. The van der Waals surface area contributed by atoms with Gasteiger partial charge in [0.2, 0.25) is 5.91 Å². The fraction of sp³-hybridized carbons (Fsp3) is 0.0500. The Morgan fingerprint density at radius 3 is 2.64 bits per heavy atom. The first kappa shape index (κ1) is 15.1. The van der Waals surface area contributed by atoms with Crippen LogP contribution >= 0.6 is 0 Å². The Morgan fingerprint density at radius 1 is 1.00 bits per heavy atom. The SMILES string of the molecule is CC(=O)Nc1cccc(-c2cc(-c3ccncc3)c3cncn3c2)c1. The second-order valence-electron chi connectivity index (χ2n) is 5.83. The van der Waals surface area contributed by atoms with Crippen molar-refractivity contribution in [3.8, 4) is 22.3 Å². The molecule has 0 bridgehead atoms. The second-order valence-corrected chi connectivity index (χ2v) is 5.83. The summed E-state index contributed by atoms with van der Waals surface area (Å²) >= 11 is 0. The molecule has 3 aromatic heterocycles. The Labute approximate surface area is 145 Å². The molecule has 4 aromatic rings. The molecule has 0 spiro atoms. The lowest BCUT2D eigenvalue weighted by molar-refractivity contribution is -0.114. The van der Waals surface area contributed by atoms with Crippen molar-refractivity contribution in [3.63, 3.8) is 0 Å². The highest BCUT2D eigenvalue weighted by Gasteiger charge is 2.09. The second kappa shape index (κ2) is 6.20. The first-order valence-electron chi connectivity index (χ1n) is 7.95. The predicted molar refractivity (Wildman–Crippen MR) is 98.2 cm³/mol. The van der Waals surface area contributed by atoms with Gasteiger partial charge in [0, 0.05) is 36.8 Å². The summed E-state index contributed by atoms with van der Waals surface area (Å²) in [6.45, 7) is 1.51. The molecule has 0 fully saturated rings. The Morgan fingerprint density at radius 2 is 1.84 bits per heavy atom. The molecule has 1 amide bonds. The monoisotopic (exact) mass is 328 g/mol. The van der Waals surface area contributed by atoms with E-state index < -0.39 is 0 Å². The molecule has 0 atom stereocenters. The first-order chi connectivity index (χ1) is 12.2. The topological polar surface area (TPSA) is 59.3 Å². The molecule has 0 radical (unpaired) electrons. The number of imidazole rings is 1. The van der Waals surface area contributed by atoms with Gasteiger partial charge in [0.25, 0.3) is 0 Å². The maximum atomic E-state index is 11.3. The lowest BCUT2D eigenvalue weighted by Gasteiger charge is -2.10. The quantitative estimate of drug-likeness (QED) is 0.618. The molecule has 0 aliphatic heterocycles. The number of anilines is 1. The van der Waals surface area contributed by atoms with Crippen molar-refractivity contribution < 1.29 is 4.79 Å². The zero-order valence-corrected chi connectivity index (χ0v) is 13.7. The molecular weight excluding hydrogens is 312 g/mol. The van der Waals surface area contributed by atoms with E-state index >= 15 is 0 Å². The lowest BCUT2D eigenvalue weighted by atomic mass is 10.0. The minimum atomic E-state index is -0.0836. The maximum Gasteiger partial charge on any atom is 0.221 e. The third-order valence-corrected chi connectivity index (χ3v) is 4.03. The van der Waals surface area contributed by atoms with E-state index in [4.69, 9.17) is 0 Å². The van der Waals surface area contributed by atoms with Crippen LogP contribution in [0.25, 0.3) is 27.8 Å². The number of nitrogens with one attached hydrogen (secondary N) is 1. The van der Waals surface area contributed by atoms with Crippen LogP contribution in [0, 0.1) is 0 Å². The van der Waals surface area contributed by atoms with Crippen molar-refractivity contribution in [1.82, 2.24) is 14.4 Å². The van der Waals surface area contributed by atoms with Crippen LogP contribution in [0.4, 0.5) is 5.69 Å². The molecule has 0 unspecified atom stereocenters. The number of amides is 1. The summed E-state index contributed by atoms with van der Waals surface area (Å²) in [6, 6.07) is 13.9. The van der Waals surface area contributed by atoms with Crippen LogP contribution in [-0.4, -0.2) is 20.3 Å². The van der Waals surface area contributed by atoms with Crippen LogP contribution in [0.2, 0.25) is 0 Å². The first-order valence-corrected chi connectivity index (χ1v) is 7.95. The fourth-order valence-corrected chi connectivity index (χ4v) is 2.93. The smallest absolute Gasteiger partial charge is 0.221 e. The molecule has 1 N–H and O–H groups in total. The molecule has 1 aromatic carbocycles. The van der Waals surface area contributed by atoms with Gasteiger partial charge >= 0.3 is 0 Å².